The number of hydrogen-bond donors (Lipinski definition) is 1. The van der Waals surface area contributed by atoms with Gasteiger partial charge in [0.15, 0.2) is 11.6 Å². The van der Waals surface area contributed by atoms with Gasteiger partial charge < -0.3 is 10.5 Å². The number of hydrogen-bond acceptors (Lipinski definition) is 2. The van der Waals surface area contributed by atoms with Crippen LogP contribution in [-0.2, 0) is 6.42 Å². The van der Waals surface area contributed by atoms with Crippen LogP contribution in [0.3, 0.4) is 0 Å². The lowest BCUT2D eigenvalue weighted by molar-refractivity contribution is 0.441. The molecule has 2 nitrogen and oxygen atoms in total. The molecule has 0 saturated heterocycles. The molecule has 94 valence electrons. The van der Waals surface area contributed by atoms with Crippen LogP contribution in [-0.4, -0.2) is 6.54 Å². The maximum absolute atomic E-state index is 13.8. The van der Waals surface area contributed by atoms with Crippen molar-refractivity contribution in [3.05, 3.63) is 57.4 Å². The second kappa shape index (κ2) is 6.15. The SMILES string of the molecule is NCCc1ccc(Oc2ccc(I)cc2)c(F)c1. The fourth-order valence-electron chi connectivity index (χ4n) is 1.58. The lowest BCUT2D eigenvalue weighted by atomic mass is 10.1. The first-order valence-electron chi connectivity index (χ1n) is 5.61. The van der Waals surface area contributed by atoms with E-state index < -0.39 is 0 Å². The van der Waals surface area contributed by atoms with Crippen LogP contribution in [0, 0.1) is 9.39 Å². The molecule has 0 aliphatic rings. The quantitative estimate of drug-likeness (QED) is 0.847. The largest absolute Gasteiger partial charge is 0.454 e. The van der Waals surface area contributed by atoms with Crippen LogP contribution in [0.5, 0.6) is 11.5 Å². The van der Waals surface area contributed by atoms with E-state index in [1.807, 2.05) is 30.3 Å². The molecule has 0 atom stereocenters. The average Bonchev–Trinajstić information content (AvgIpc) is 2.36. The molecule has 0 heterocycles. The minimum absolute atomic E-state index is 0.233. The van der Waals surface area contributed by atoms with Gasteiger partial charge in [0.05, 0.1) is 0 Å². The molecule has 0 aliphatic carbocycles. The summed E-state index contributed by atoms with van der Waals surface area (Å²) in [6.07, 6.45) is 0.667. The summed E-state index contributed by atoms with van der Waals surface area (Å²) in [6.45, 7) is 0.511. The Morgan fingerprint density at radius 2 is 1.83 bits per heavy atom. The molecular formula is C14H13FINO. The lowest BCUT2D eigenvalue weighted by Gasteiger charge is -2.08. The predicted octanol–water partition coefficient (Wildman–Crippen LogP) is 3.72. The zero-order valence-corrected chi connectivity index (χ0v) is 11.9. The molecule has 4 heteroatoms. The standard InChI is InChI=1S/C14H13FINO/c15-13-9-10(7-8-17)1-6-14(13)18-12-4-2-11(16)3-5-12/h1-6,9H,7-8,17H2. The Morgan fingerprint density at radius 3 is 2.44 bits per heavy atom. The van der Waals surface area contributed by atoms with Crippen molar-refractivity contribution < 1.29 is 9.13 Å². The highest BCUT2D eigenvalue weighted by Crippen LogP contribution is 2.25. The van der Waals surface area contributed by atoms with Crippen molar-refractivity contribution >= 4 is 22.6 Å². The van der Waals surface area contributed by atoms with Gasteiger partial charge >= 0.3 is 0 Å². The summed E-state index contributed by atoms with van der Waals surface area (Å²) in [5.41, 5.74) is 6.31. The van der Waals surface area contributed by atoms with E-state index in [1.54, 1.807) is 6.07 Å². The van der Waals surface area contributed by atoms with E-state index >= 15 is 0 Å². The van der Waals surface area contributed by atoms with Crippen LogP contribution in [0.25, 0.3) is 0 Å². The lowest BCUT2D eigenvalue weighted by Crippen LogP contribution is -2.03. The van der Waals surface area contributed by atoms with Crippen molar-refractivity contribution in [3.8, 4) is 11.5 Å². The molecule has 18 heavy (non-hydrogen) atoms. The molecule has 0 fully saturated rings. The smallest absolute Gasteiger partial charge is 0.165 e. The van der Waals surface area contributed by atoms with Gasteiger partial charge in [0.2, 0.25) is 0 Å². The third-order valence-corrected chi connectivity index (χ3v) is 3.19. The number of nitrogens with two attached hydrogens (primary N) is 1. The first-order chi connectivity index (χ1) is 8.69. The summed E-state index contributed by atoms with van der Waals surface area (Å²) in [4.78, 5) is 0. The second-order valence-corrected chi connectivity index (χ2v) is 5.11. The van der Waals surface area contributed by atoms with E-state index in [9.17, 15) is 4.39 Å². The molecule has 0 amide bonds. The van der Waals surface area contributed by atoms with Gasteiger partial charge in [-0.15, -0.1) is 0 Å². The first kappa shape index (κ1) is 13.3. The van der Waals surface area contributed by atoms with Gasteiger partial charge in [-0.25, -0.2) is 4.39 Å². The fraction of sp³-hybridized carbons (Fsp3) is 0.143. The Hall–Kier alpha value is -1.14. The minimum Gasteiger partial charge on any atom is -0.454 e. The number of ether oxygens (including phenoxy) is 1. The van der Waals surface area contributed by atoms with E-state index in [0.29, 0.717) is 18.7 Å². The van der Waals surface area contributed by atoms with Gasteiger partial charge in [-0.2, -0.15) is 0 Å². The maximum atomic E-state index is 13.8. The van der Waals surface area contributed by atoms with E-state index in [0.717, 1.165) is 9.13 Å². The van der Waals surface area contributed by atoms with Crippen LogP contribution in [0.2, 0.25) is 0 Å². The molecule has 0 aliphatic heterocycles. The van der Waals surface area contributed by atoms with Gasteiger partial charge in [0.1, 0.15) is 5.75 Å². The number of halogens is 2. The molecule has 0 spiro atoms. The molecule has 2 rings (SSSR count). The van der Waals surface area contributed by atoms with Gasteiger partial charge in [-0.1, -0.05) is 6.07 Å². The van der Waals surface area contributed by atoms with Crippen molar-refractivity contribution in [2.75, 3.05) is 6.54 Å². The van der Waals surface area contributed by atoms with Crippen LogP contribution >= 0.6 is 22.6 Å². The van der Waals surface area contributed by atoms with Crippen molar-refractivity contribution in [2.24, 2.45) is 5.73 Å². The van der Waals surface area contributed by atoms with Gasteiger partial charge in [-0.05, 0) is 77.5 Å². The highest BCUT2D eigenvalue weighted by atomic mass is 127. The molecule has 0 bridgehead atoms. The van der Waals surface area contributed by atoms with Gasteiger partial charge in [-0.3, -0.25) is 0 Å². The summed E-state index contributed by atoms with van der Waals surface area (Å²) >= 11 is 2.21. The highest BCUT2D eigenvalue weighted by molar-refractivity contribution is 14.1. The normalized spacial score (nSPS) is 10.4. The summed E-state index contributed by atoms with van der Waals surface area (Å²) < 4.78 is 20.4. The highest BCUT2D eigenvalue weighted by Gasteiger charge is 2.05. The summed E-state index contributed by atoms with van der Waals surface area (Å²) in [5.74, 6) is 0.498. The summed E-state index contributed by atoms with van der Waals surface area (Å²) in [5, 5.41) is 0. The molecule has 2 aromatic rings. The Morgan fingerprint density at radius 1 is 1.11 bits per heavy atom. The monoisotopic (exact) mass is 357 g/mol. The predicted molar refractivity (Wildman–Crippen MR) is 78.4 cm³/mol. The van der Waals surface area contributed by atoms with Gasteiger partial charge in [0, 0.05) is 3.57 Å². The molecular weight excluding hydrogens is 344 g/mol. The summed E-state index contributed by atoms with van der Waals surface area (Å²) in [7, 11) is 0. The van der Waals surface area contributed by atoms with Crippen LogP contribution in [0.1, 0.15) is 5.56 Å². The van der Waals surface area contributed by atoms with Crippen LogP contribution in [0.15, 0.2) is 42.5 Å². The average molecular weight is 357 g/mol. The topological polar surface area (TPSA) is 35.2 Å². The zero-order chi connectivity index (χ0) is 13.0. The van der Waals surface area contributed by atoms with Crippen molar-refractivity contribution in [1.82, 2.24) is 0 Å². The van der Waals surface area contributed by atoms with E-state index in [1.165, 1.54) is 6.07 Å². The van der Waals surface area contributed by atoms with E-state index in [-0.39, 0.29) is 11.6 Å². The summed E-state index contributed by atoms with van der Waals surface area (Å²) in [6, 6.07) is 12.4. The maximum Gasteiger partial charge on any atom is 0.165 e. The Bertz CT molecular complexity index is 528. The number of benzene rings is 2. The first-order valence-corrected chi connectivity index (χ1v) is 6.69. The van der Waals surface area contributed by atoms with Crippen molar-refractivity contribution in [2.45, 2.75) is 6.42 Å². The molecule has 0 saturated carbocycles. The Balaban J connectivity index is 2.16. The van der Waals surface area contributed by atoms with Crippen LogP contribution in [0.4, 0.5) is 4.39 Å². The molecule has 2 aromatic carbocycles. The molecule has 0 aromatic heterocycles. The van der Waals surface area contributed by atoms with Crippen molar-refractivity contribution in [1.29, 1.82) is 0 Å². The van der Waals surface area contributed by atoms with E-state index in [4.69, 9.17) is 10.5 Å². The number of rotatable bonds is 4. The molecule has 2 N–H and O–H groups in total. The third-order valence-electron chi connectivity index (χ3n) is 2.47. The zero-order valence-electron chi connectivity index (χ0n) is 9.70. The Kier molecular flexibility index (Phi) is 4.54. The minimum atomic E-state index is -0.362. The fourth-order valence-corrected chi connectivity index (χ4v) is 1.94. The van der Waals surface area contributed by atoms with Gasteiger partial charge in [0.25, 0.3) is 0 Å². The second-order valence-electron chi connectivity index (χ2n) is 3.86. The third kappa shape index (κ3) is 3.43. The molecule has 0 unspecified atom stereocenters. The Labute approximate surface area is 119 Å². The van der Waals surface area contributed by atoms with Crippen molar-refractivity contribution in [3.63, 3.8) is 0 Å². The van der Waals surface area contributed by atoms with E-state index in [2.05, 4.69) is 22.6 Å². The van der Waals surface area contributed by atoms with Crippen LogP contribution < -0.4 is 10.5 Å². The molecule has 0 radical (unpaired) electrons.